The van der Waals surface area contributed by atoms with Crippen molar-refractivity contribution in [3.05, 3.63) is 23.9 Å². The first-order valence-electron chi connectivity index (χ1n) is 6.78. The zero-order valence-electron chi connectivity index (χ0n) is 11.8. The Bertz CT molecular complexity index is 413. The predicted octanol–water partition coefficient (Wildman–Crippen LogP) is 0.948. The summed E-state index contributed by atoms with van der Waals surface area (Å²) in [7, 11) is 1.95. The Labute approximate surface area is 114 Å². The van der Waals surface area contributed by atoms with Crippen LogP contribution in [0.2, 0.25) is 0 Å². The second-order valence-corrected chi connectivity index (χ2v) is 5.07. The average Bonchev–Trinajstić information content (AvgIpc) is 2.47. The van der Waals surface area contributed by atoms with Gasteiger partial charge in [0, 0.05) is 24.3 Å². The lowest BCUT2D eigenvalue weighted by molar-refractivity contribution is -0.0106. The molecule has 19 heavy (non-hydrogen) atoms. The van der Waals surface area contributed by atoms with Crippen molar-refractivity contribution in [2.45, 2.75) is 32.0 Å². The zero-order chi connectivity index (χ0) is 13.8. The SMILES string of the molecule is CNC(C)c1cccnc1N1CC(CO)OCC1C. The number of pyridine rings is 1. The smallest absolute Gasteiger partial charge is 0.133 e. The molecule has 3 atom stereocenters. The van der Waals surface area contributed by atoms with Gasteiger partial charge >= 0.3 is 0 Å². The van der Waals surface area contributed by atoms with Gasteiger partial charge in [-0.05, 0) is 27.0 Å². The summed E-state index contributed by atoms with van der Waals surface area (Å²) in [6.45, 7) is 5.59. The molecule has 0 radical (unpaired) electrons. The van der Waals surface area contributed by atoms with E-state index in [0.717, 1.165) is 5.82 Å². The molecule has 106 valence electrons. The molecule has 1 aliphatic rings. The molecule has 1 aromatic heterocycles. The number of ether oxygens (including phenoxy) is 1. The van der Waals surface area contributed by atoms with E-state index in [1.807, 2.05) is 19.3 Å². The van der Waals surface area contributed by atoms with Crippen LogP contribution in [0.1, 0.15) is 25.5 Å². The second-order valence-electron chi connectivity index (χ2n) is 5.07. The maximum absolute atomic E-state index is 9.28. The quantitative estimate of drug-likeness (QED) is 0.849. The van der Waals surface area contributed by atoms with Crippen LogP contribution in [0.3, 0.4) is 0 Å². The van der Waals surface area contributed by atoms with E-state index < -0.39 is 0 Å². The topological polar surface area (TPSA) is 57.6 Å². The van der Waals surface area contributed by atoms with Gasteiger partial charge in [-0.15, -0.1) is 0 Å². The summed E-state index contributed by atoms with van der Waals surface area (Å²) in [6, 6.07) is 4.56. The molecule has 3 unspecified atom stereocenters. The highest BCUT2D eigenvalue weighted by Gasteiger charge is 2.28. The van der Waals surface area contributed by atoms with Gasteiger partial charge in [0.15, 0.2) is 0 Å². The summed E-state index contributed by atoms with van der Waals surface area (Å²) in [5.41, 5.74) is 1.18. The van der Waals surface area contributed by atoms with Crippen LogP contribution in [-0.2, 0) is 4.74 Å². The zero-order valence-corrected chi connectivity index (χ0v) is 11.8. The Balaban J connectivity index is 2.29. The number of hydrogen-bond donors (Lipinski definition) is 2. The van der Waals surface area contributed by atoms with Crippen LogP contribution in [0, 0.1) is 0 Å². The first kappa shape index (κ1) is 14.2. The van der Waals surface area contributed by atoms with Crippen molar-refractivity contribution in [1.82, 2.24) is 10.3 Å². The number of aromatic nitrogens is 1. The molecule has 0 bridgehead atoms. The number of aliphatic hydroxyl groups excluding tert-OH is 1. The fourth-order valence-corrected chi connectivity index (χ4v) is 2.37. The monoisotopic (exact) mass is 265 g/mol. The van der Waals surface area contributed by atoms with Crippen molar-refractivity contribution in [3.8, 4) is 0 Å². The van der Waals surface area contributed by atoms with Gasteiger partial charge in [0.25, 0.3) is 0 Å². The Kier molecular flexibility index (Phi) is 4.74. The minimum atomic E-state index is -0.129. The molecule has 1 aliphatic heterocycles. The molecule has 0 aliphatic carbocycles. The normalized spacial score (nSPS) is 25.4. The molecule has 2 N–H and O–H groups in total. The number of hydrogen-bond acceptors (Lipinski definition) is 5. The van der Waals surface area contributed by atoms with Gasteiger partial charge in [-0.2, -0.15) is 0 Å². The van der Waals surface area contributed by atoms with E-state index in [1.54, 1.807) is 0 Å². The molecule has 1 fully saturated rings. The number of nitrogens with zero attached hydrogens (tertiary/aromatic N) is 2. The van der Waals surface area contributed by atoms with Crippen LogP contribution in [0.15, 0.2) is 18.3 Å². The molecule has 2 heterocycles. The number of anilines is 1. The van der Waals surface area contributed by atoms with E-state index in [0.29, 0.717) is 13.2 Å². The molecule has 1 saturated heterocycles. The van der Waals surface area contributed by atoms with E-state index in [-0.39, 0.29) is 24.8 Å². The molecule has 0 amide bonds. The summed E-state index contributed by atoms with van der Waals surface area (Å²) in [6.07, 6.45) is 1.69. The number of rotatable bonds is 4. The number of nitrogens with one attached hydrogen (secondary N) is 1. The lowest BCUT2D eigenvalue weighted by Crippen LogP contribution is -2.50. The van der Waals surface area contributed by atoms with Crippen LogP contribution >= 0.6 is 0 Å². The third kappa shape index (κ3) is 3.05. The molecule has 5 heteroatoms. The van der Waals surface area contributed by atoms with E-state index in [2.05, 4.69) is 35.1 Å². The summed E-state index contributed by atoms with van der Waals surface area (Å²) < 4.78 is 5.58. The van der Waals surface area contributed by atoms with Crippen molar-refractivity contribution >= 4 is 5.82 Å². The maximum atomic E-state index is 9.28. The molecule has 1 aromatic rings. The molecule has 0 aromatic carbocycles. The first-order valence-corrected chi connectivity index (χ1v) is 6.78. The van der Waals surface area contributed by atoms with Gasteiger partial charge in [0.05, 0.1) is 25.4 Å². The standard InChI is InChI=1S/C14H23N3O2/c1-10-9-19-12(8-18)7-17(10)14-13(11(2)15-3)5-4-6-16-14/h4-6,10-12,15,18H,7-9H2,1-3H3. The summed E-state index contributed by atoms with van der Waals surface area (Å²) in [5.74, 6) is 0.985. The Hall–Kier alpha value is -1.17. The Morgan fingerprint density at radius 2 is 2.42 bits per heavy atom. The molecule has 0 saturated carbocycles. The van der Waals surface area contributed by atoms with Crippen LogP contribution in [-0.4, -0.2) is 49.0 Å². The third-order valence-corrected chi connectivity index (χ3v) is 3.70. The highest BCUT2D eigenvalue weighted by atomic mass is 16.5. The summed E-state index contributed by atoms with van der Waals surface area (Å²) >= 11 is 0. The Morgan fingerprint density at radius 1 is 1.63 bits per heavy atom. The van der Waals surface area contributed by atoms with Crippen LogP contribution < -0.4 is 10.2 Å². The van der Waals surface area contributed by atoms with Crippen molar-refractivity contribution in [1.29, 1.82) is 0 Å². The number of aliphatic hydroxyl groups is 1. The second kappa shape index (κ2) is 6.32. The van der Waals surface area contributed by atoms with Gasteiger partial charge in [0.1, 0.15) is 5.82 Å². The fourth-order valence-electron chi connectivity index (χ4n) is 2.37. The van der Waals surface area contributed by atoms with Crippen molar-refractivity contribution in [2.75, 3.05) is 31.7 Å². The third-order valence-electron chi connectivity index (χ3n) is 3.70. The fraction of sp³-hybridized carbons (Fsp3) is 0.643. The predicted molar refractivity (Wildman–Crippen MR) is 75.3 cm³/mol. The lowest BCUT2D eigenvalue weighted by atomic mass is 10.1. The van der Waals surface area contributed by atoms with Gasteiger partial charge in [-0.25, -0.2) is 4.98 Å². The molecular formula is C14H23N3O2. The van der Waals surface area contributed by atoms with Gasteiger partial charge in [-0.1, -0.05) is 6.07 Å². The highest BCUT2D eigenvalue weighted by Crippen LogP contribution is 2.27. The minimum absolute atomic E-state index is 0.0486. The van der Waals surface area contributed by atoms with E-state index in [1.165, 1.54) is 5.56 Å². The minimum Gasteiger partial charge on any atom is -0.394 e. The van der Waals surface area contributed by atoms with Crippen LogP contribution in [0.25, 0.3) is 0 Å². The van der Waals surface area contributed by atoms with E-state index in [9.17, 15) is 5.11 Å². The molecule has 5 nitrogen and oxygen atoms in total. The summed E-state index contributed by atoms with van der Waals surface area (Å²) in [5, 5.41) is 12.5. The number of morpholine rings is 1. The average molecular weight is 265 g/mol. The summed E-state index contributed by atoms with van der Waals surface area (Å²) in [4.78, 5) is 6.77. The van der Waals surface area contributed by atoms with Crippen LogP contribution in [0.4, 0.5) is 5.82 Å². The Morgan fingerprint density at radius 3 is 3.11 bits per heavy atom. The molecule has 2 rings (SSSR count). The van der Waals surface area contributed by atoms with Crippen molar-refractivity contribution < 1.29 is 9.84 Å². The first-order chi connectivity index (χ1) is 9.17. The maximum Gasteiger partial charge on any atom is 0.133 e. The van der Waals surface area contributed by atoms with E-state index >= 15 is 0 Å². The largest absolute Gasteiger partial charge is 0.394 e. The van der Waals surface area contributed by atoms with Crippen LogP contribution in [0.5, 0.6) is 0 Å². The lowest BCUT2D eigenvalue weighted by Gasteiger charge is -2.39. The van der Waals surface area contributed by atoms with Crippen molar-refractivity contribution in [2.24, 2.45) is 0 Å². The molecule has 0 spiro atoms. The van der Waals surface area contributed by atoms with E-state index in [4.69, 9.17) is 4.74 Å². The molecular weight excluding hydrogens is 242 g/mol. The van der Waals surface area contributed by atoms with Crippen molar-refractivity contribution in [3.63, 3.8) is 0 Å². The highest BCUT2D eigenvalue weighted by molar-refractivity contribution is 5.49. The van der Waals surface area contributed by atoms with Gasteiger partial charge in [-0.3, -0.25) is 0 Å². The van der Waals surface area contributed by atoms with Gasteiger partial charge in [0.2, 0.25) is 0 Å². The van der Waals surface area contributed by atoms with Gasteiger partial charge < -0.3 is 20.1 Å².